The van der Waals surface area contributed by atoms with Crippen molar-refractivity contribution >= 4 is 10.9 Å². The smallest absolute Gasteiger partial charge is 0.211 e. The van der Waals surface area contributed by atoms with Crippen molar-refractivity contribution in [3.8, 4) is 17.0 Å². The summed E-state index contributed by atoms with van der Waals surface area (Å²) in [5.74, 6) is 0.0726. The Morgan fingerprint density at radius 1 is 0.944 bits per heavy atom. The predicted octanol–water partition coefficient (Wildman–Crippen LogP) is 3.92. The number of fused-ring (bicyclic) bond motifs is 1. The monoisotopic (exact) mass is 235 g/mol. The van der Waals surface area contributed by atoms with E-state index in [0.29, 0.717) is 0 Å². The van der Waals surface area contributed by atoms with Gasteiger partial charge in [0.25, 0.3) is 0 Å². The van der Waals surface area contributed by atoms with E-state index in [1.54, 1.807) is 6.07 Å². The molecule has 1 heterocycles. The third-order valence-corrected chi connectivity index (χ3v) is 3.12. The fourth-order valence-electron chi connectivity index (χ4n) is 2.25. The summed E-state index contributed by atoms with van der Waals surface area (Å²) >= 11 is 0. The van der Waals surface area contributed by atoms with Crippen molar-refractivity contribution in [3.63, 3.8) is 0 Å². The fraction of sp³-hybridized carbons (Fsp3) is 0.0625. The van der Waals surface area contributed by atoms with Crippen molar-refractivity contribution in [2.24, 2.45) is 0 Å². The van der Waals surface area contributed by atoms with Crippen LogP contribution in [-0.4, -0.2) is 10.1 Å². The molecule has 0 bridgehead atoms. The summed E-state index contributed by atoms with van der Waals surface area (Å²) in [4.78, 5) is 4.27. The van der Waals surface area contributed by atoms with Crippen LogP contribution in [0.15, 0.2) is 54.6 Å². The SMILES string of the molecule is Cc1cc(O)nc2c(-c3ccccc3)cccc12. The Hall–Kier alpha value is -2.35. The lowest BCUT2D eigenvalue weighted by Crippen LogP contribution is -1.87. The van der Waals surface area contributed by atoms with E-state index in [1.807, 2.05) is 43.3 Å². The minimum Gasteiger partial charge on any atom is -0.493 e. The second kappa shape index (κ2) is 4.15. The first-order valence-electron chi connectivity index (χ1n) is 5.90. The highest BCUT2D eigenvalue weighted by Gasteiger charge is 2.07. The van der Waals surface area contributed by atoms with E-state index in [9.17, 15) is 5.11 Å². The highest BCUT2D eigenvalue weighted by atomic mass is 16.3. The van der Waals surface area contributed by atoms with Gasteiger partial charge < -0.3 is 5.11 Å². The molecule has 0 fully saturated rings. The van der Waals surface area contributed by atoms with Crippen molar-refractivity contribution in [1.82, 2.24) is 4.98 Å². The van der Waals surface area contributed by atoms with Gasteiger partial charge in [0.05, 0.1) is 5.52 Å². The number of rotatable bonds is 1. The van der Waals surface area contributed by atoms with Crippen molar-refractivity contribution in [3.05, 3.63) is 60.2 Å². The lowest BCUT2D eigenvalue weighted by atomic mass is 10.0. The van der Waals surface area contributed by atoms with Crippen LogP contribution in [0.3, 0.4) is 0 Å². The third-order valence-electron chi connectivity index (χ3n) is 3.12. The second-order valence-electron chi connectivity index (χ2n) is 4.37. The number of hydrogen-bond donors (Lipinski definition) is 1. The first-order valence-corrected chi connectivity index (χ1v) is 5.90. The standard InChI is InChI=1S/C16H13NO/c1-11-10-15(18)17-16-13(11)8-5-9-14(16)12-6-3-2-4-7-12/h2-10H,1H3,(H,17,18). The van der Waals surface area contributed by atoms with Gasteiger partial charge in [-0.3, -0.25) is 0 Å². The Balaban J connectivity index is 2.37. The molecule has 2 nitrogen and oxygen atoms in total. The van der Waals surface area contributed by atoms with Crippen molar-refractivity contribution in [2.45, 2.75) is 6.92 Å². The maximum absolute atomic E-state index is 9.67. The summed E-state index contributed by atoms with van der Waals surface area (Å²) in [6, 6.07) is 17.9. The van der Waals surface area contributed by atoms with Gasteiger partial charge >= 0.3 is 0 Å². The maximum Gasteiger partial charge on any atom is 0.211 e. The fourth-order valence-corrected chi connectivity index (χ4v) is 2.25. The topological polar surface area (TPSA) is 33.1 Å². The van der Waals surface area contributed by atoms with Gasteiger partial charge in [0, 0.05) is 17.0 Å². The first-order chi connectivity index (χ1) is 8.75. The van der Waals surface area contributed by atoms with Crippen LogP contribution in [-0.2, 0) is 0 Å². The molecule has 0 atom stereocenters. The summed E-state index contributed by atoms with van der Waals surface area (Å²) in [5.41, 5.74) is 4.05. The highest BCUT2D eigenvalue weighted by Crippen LogP contribution is 2.30. The Kier molecular flexibility index (Phi) is 2.49. The van der Waals surface area contributed by atoms with Gasteiger partial charge in [0.1, 0.15) is 0 Å². The lowest BCUT2D eigenvalue weighted by Gasteiger charge is -2.08. The summed E-state index contributed by atoms with van der Waals surface area (Å²) in [5, 5.41) is 10.7. The zero-order valence-corrected chi connectivity index (χ0v) is 10.1. The second-order valence-corrected chi connectivity index (χ2v) is 4.37. The van der Waals surface area contributed by atoms with Gasteiger partial charge in [0.15, 0.2) is 0 Å². The van der Waals surface area contributed by atoms with E-state index in [0.717, 1.165) is 27.6 Å². The van der Waals surface area contributed by atoms with Crippen LogP contribution in [0.25, 0.3) is 22.0 Å². The van der Waals surface area contributed by atoms with Crippen LogP contribution in [0.5, 0.6) is 5.88 Å². The molecule has 18 heavy (non-hydrogen) atoms. The number of hydrogen-bond acceptors (Lipinski definition) is 2. The molecular formula is C16H13NO. The zero-order valence-electron chi connectivity index (χ0n) is 10.1. The average molecular weight is 235 g/mol. The Labute approximate surface area is 106 Å². The van der Waals surface area contributed by atoms with E-state index in [1.165, 1.54) is 0 Å². The molecule has 0 aliphatic heterocycles. The number of para-hydroxylation sites is 1. The van der Waals surface area contributed by atoms with Crippen molar-refractivity contribution in [1.29, 1.82) is 0 Å². The van der Waals surface area contributed by atoms with Gasteiger partial charge in [-0.15, -0.1) is 0 Å². The minimum absolute atomic E-state index is 0.0726. The Morgan fingerprint density at radius 3 is 2.50 bits per heavy atom. The molecule has 1 N–H and O–H groups in total. The summed E-state index contributed by atoms with van der Waals surface area (Å²) < 4.78 is 0. The Morgan fingerprint density at radius 2 is 1.72 bits per heavy atom. The number of benzene rings is 2. The van der Waals surface area contributed by atoms with Gasteiger partial charge in [-0.2, -0.15) is 0 Å². The largest absolute Gasteiger partial charge is 0.493 e. The van der Waals surface area contributed by atoms with Crippen LogP contribution in [0.2, 0.25) is 0 Å². The summed E-state index contributed by atoms with van der Waals surface area (Å²) in [6.45, 7) is 1.98. The van der Waals surface area contributed by atoms with Crippen molar-refractivity contribution < 1.29 is 5.11 Å². The molecule has 3 aromatic rings. The van der Waals surface area contributed by atoms with Gasteiger partial charge in [0.2, 0.25) is 5.88 Å². The molecule has 1 aromatic heterocycles. The maximum atomic E-state index is 9.67. The van der Waals surface area contributed by atoms with E-state index < -0.39 is 0 Å². The molecule has 3 rings (SSSR count). The van der Waals surface area contributed by atoms with Crippen molar-refractivity contribution in [2.75, 3.05) is 0 Å². The number of aromatic nitrogens is 1. The molecule has 0 saturated heterocycles. The molecular weight excluding hydrogens is 222 g/mol. The van der Waals surface area contributed by atoms with Gasteiger partial charge in [-0.05, 0) is 18.1 Å². The van der Waals surface area contributed by atoms with E-state index in [4.69, 9.17) is 0 Å². The van der Waals surface area contributed by atoms with Crippen LogP contribution < -0.4 is 0 Å². The lowest BCUT2D eigenvalue weighted by molar-refractivity contribution is 0.455. The minimum atomic E-state index is 0.0726. The molecule has 0 radical (unpaired) electrons. The first kappa shape index (κ1) is 10.8. The predicted molar refractivity (Wildman–Crippen MR) is 73.6 cm³/mol. The van der Waals surface area contributed by atoms with E-state index in [-0.39, 0.29) is 5.88 Å². The molecule has 88 valence electrons. The van der Waals surface area contributed by atoms with E-state index in [2.05, 4.69) is 17.1 Å². The molecule has 2 aromatic carbocycles. The van der Waals surface area contributed by atoms with Crippen LogP contribution >= 0.6 is 0 Å². The number of aromatic hydroxyl groups is 1. The number of aryl methyl sites for hydroxylation is 1. The molecule has 2 heteroatoms. The molecule has 0 spiro atoms. The molecule has 0 unspecified atom stereocenters. The molecule has 0 aliphatic carbocycles. The quantitative estimate of drug-likeness (QED) is 0.693. The van der Waals surface area contributed by atoms with Gasteiger partial charge in [-0.1, -0.05) is 48.5 Å². The van der Waals surface area contributed by atoms with Crippen LogP contribution in [0.1, 0.15) is 5.56 Å². The number of nitrogens with zero attached hydrogens (tertiary/aromatic N) is 1. The molecule has 0 aliphatic rings. The third kappa shape index (κ3) is 1.72. The van der Waals surface area contributed by atoms with Crippen LogP contribution in [0.4, 0.5) is 0 Å². The van der Waals surface area contributed by atoms with Gasteiger partial charge in [-0.25, -0.2) is 4.98 Å². The number of pyridine rings is 1. The van der Waals surface area contributed by atoms with E-state index >= 15 is 0 Å². The average Bonchev–Trinajstić information content (AvgIpc) is 2.39. The molecule has 0 saturated carbocycles. The Bertz CT molecular complexity index is 705. The zero-order chi connectivity index (χ0) is 12.5. The summed E-state index contributed by atoms with van der Waals surface area (Å²) in [6.07, 6.45) is 0. The van der Waals surface area contributed by atoms with Crippen LogP contribution in [0, 0.1) is 6.92 Å². The normalized spacial score (nSPS) is 10.7. The molecule has 0 amide bonds. The highest BCUT2D eigenvalue weighted by molar-refractivity contribution is 5.95. The summed E-state index contributed by atoms with van der Waals surface area (Å²) in [7, 11) is 0.